The van der Waals surface area contributed by atoms with E-state index < -0.39 is 68.1 Å². The Kier molecular flexibility index (Phi) is 18.8. The second-order valence-electron chi connectivity index (χ2n) is 20.9. The van der Waals surface area contributed by atoms with Crippen LogP contribution >= 0.6 is 0 Å². The molecule has 0 aromatic heterocycles. The molecule has 62 heavy (non-hydrogen) atoms. The summed E-state index contributed by atoms with van der Waals surface area (Å²) in [5.74, 6) is -6.02. The molecule has 1 N–H and O–H groups in total. The molecule has 0 aromatic rings. The monoisotopic (exact) mass is 890 g/mol. The number of nitrogens with zero attached hydrogens (tertiary/aromatic N) is 1. The maximum atomic E-state index is 14.5. The molecular weight excluding hydrogens is 807 g/mol. The molecule has 2 bridgehead atoms. The van der Waals surface area contributed by atoms with Crippen molar-refractivity contribution < 1.29 is 52.4 Å². The molecule has 3 fully saturated rings. The van der Waals surface area contributed by atoms with E-state index in [9.17, 15) is 24.3 Å². The number of Topliss-reactive ketones (excluding diaryl/α,β-unsaturated/α-hetero) is 2. The summed E-state index contributed by atoms with van der Waals surface area (Å²) in [6.45, 7) is 23.3. The molecule has 354 valence electrons. The van der Waals surface area contributed by atoms with Gasteiger partial charge >= 0.3 is 5.97 Å². The summed E-state index contributed by atoms with van der Waals surface area (Å²) in [5, 5.41) is 12.2. The first-order chi connectivity index (χ1) is 29.0. The number of ketones is 2. The fourth-order valence-electron chi connectivity index (χ4n) is 10.1. The summed E-state index contributed by atoms with van der Waals surface area (Å²) in [6.07, 6.45) is 8.63. The van der Waals surface area contributed by atoms with Crippen molar-refractivity contribution in [2.24, 2.45) is 29.6 Å². The smallest absolute Gasteiger partial charge is 0.329 e. The zero-order valence-electron chi connectivity index (χ0n) is 40.8. The molecular formula is C49H83NO11Si. The van der Waals surface area contributed by atoms with E-state index in [1.54, 1.807) is 28.3 Å². The van der Waals surface area contributed by atoms with Gasteiger partial charge in [0.15, 0.2) is 8.32 Å². The third-order valence-corrected chi connectivity index (χ3v) is 19.5. The maximum Gasteiger partial charge on any atom is 0.329 e. The molecule has 3 aliphatic heterocycles. The number of ether oxygens (including phenoxy) is 5. The van der Waals surface area contributed by atoms with E-state index >= 15 is 0 Å². The molecule has 1 amide bonds. The molecule has 2 saturated heterocycles. The second-order valence-corrected chi connectivity index (χ2v) is 25.6. The average molecular weight is 890 g/mol. The Morgan fingerprint density at radius 2 is 1.56 bits per heavy atom. The lowest BCUT2D eigenvalue weighted by atomic mass is 9.82. The van der Waals surface area contributed by atoms with Crippen LogP contribution in [0.15, 0.2) is 23.3 Å². The molecule has 12 nitrogen and oxygen atoms in total. The number of cyclic esters (lactones) is 1. The van der Waals surface area contributed by atoms with Gasteiger partial charge in [-0.15, -0.1) is 0 Å². The number of esters is 1. The lowest BCUT2D eigenvalue weighted by Gasteiger charge is -2.47. The van der Waals surface area contributed by atoms with Crippen molar-refractivity contribution in [3.8, 4) is 0 Å². The van der Waals surface area contributed by atoms with Crippen LogP contribution in [0.1, 0.15) is 139 Å². The summed E-state index contributed by atoms with van der Waals surface area (Å²) in [6, 6.07) is -1.03. The van der Waals surface area contributed by atoms with E-state index in [0.717, 1.165) is 30.4 Å². The summed E-state index contributed by atoms with van der Waals surface area (Å²) < 4.78 is 37.5. The van der Waals surface area contributed by atoms with Crippen molar-refractivity contribution in [3.63, 3.8) is 0 Å². The van der Waals surface area contributed by atoms with Gasteiger partial charge in [0.25, 0.3) is 11.7 Å². The van der Waals surface area contributed by atoms with Gasteiger partial charge in [0.2, 0.25) is 5.79 Å². The molecule has 1 saturated carbocycles. The van der Waals surface area contributed by atoms with E-state index in [1.807, 2.05) is 27.7 Å². The zero-order valence-corrected chi connectivity index (χ0v) is 41.8. The predicted molar refractivity (Wildman–Crippen MR) is 243 cm³/mol. The second kappa shape index (κ2) is 22.3. The molecule has 4 rings (SSSR count). The highest BCUT2D eigenvalue weighted by molar-refractivity contribution is 6.74. The van der Waals surface area contributed by atoms with Crippen LogP contribution in [0.5, 0.6) is 0 Å². The predicted octanol–water partition coefficient (Wildman–Crippen LogP) is 8.53. The third-order valence-electron chi connectivity index (χ3n) is 15.0. The van der Waals surface area contributed by atoms with Crippen molar-refractivity contribution in [2.75, 3.05) is 27.9 Å². The number of methoxy groups -OCH3 is 3. The van der Waals surface area contributed by atoms with Gasteiger partial charge in [-0.1, -0.05) is 66.2 Å². The minimum atomic E-state index is -2.46. The van der Waals surface area contributed by atoms with Gasteiger partial charge in [0.05, 0.1) is 24.4 Å². The molecule has 0 radical (unpaired) electrons. The first-order valence-corrected chi connectivity index (χ1v) is 26.5. The number of carbonyl (C=O) groups excluding carboxylic acids is 4. The zero-order chi connectivity index (χ0) is 46.3. The van der Waals surface area contributed by atoms with E-state index in [0.29, 0.717) is 51.4 Å². The average Bonchev–Trinajstić information content (AvgIpc) is 3.22. The minimum absolute atomic E-state index is 0.00951. The van der Waals surface area contributed by atoms with Gasteiger partial charge in [0.1, 0.15) is 24.0 Å². The highest BCUT2D eigenvalue weighted by Crippen LogP contribution is 2.42. The fraction of sp³-hybridized carbons (Fsp3) is 0.837. The molecule has 0 spiro atoms. The number of hydrogen-bond donors (Lipinski definition) is 1. The number of piperidine rings is 1. The Morgan fingerprint density at radius 3 is 2.18 bits per heavy atom. The molecule has 13 unspecified atom stereocenters. The molecule has 1 aliphatic carbocycles. The topological polar surface area (TPSA) is 147 Å². The van der Waals surface area contributed by atoms with E-state index in [-0.39, 0.29) is 59.7 Å². The van der Waals surface area contributed by atoms with Crippen LogP contribution in [0.25, 0.3) is 0 Å². The molecule has 4 aliphatic rings. The van der Waals surface area contributed by atoms with Gasteiger partial charge in [-0.05, 0) is 126 Å². The SMILES string of the molecule is CCC1/C=C(\C)CC(C)CC(OC)C2OC(O)(C(=O)C(=O)N3CCCCC3C(=O)OC(C(C)=CC3CCC(OC)C(O[Si](C)(C)C(C)(C)C)C3)C(C)CCC1=O)C(C)CC2OC. The number of amides is 1. The quantitative estimate of drug-likeness (QED) is 0.108. The van der Waals surface area contributed by atoms with Gasteiger partial charge in [-0.2, -0.15) is 0 Å². The summed E-state index contributed by atoms with van der Waals surface area (Å²) in [4.78, 5) is 58.4. The van der Waals surface area contributed by atoms with Gasteiger partial charge < -0.3 is 38.1 Å². The highest BCUT2D eigenvalue weighted by atomic mass is 28.4. The summed E-state index contributed by atoms with van der Waals surface area (Å²) >= 11 is 0. The van der Waals surface area contributed by atoms with Gasteiger partial charge in [0, 0.05) is 46.1 Å². The minimum Gasteiger partial charge on any atom is -0.456 e. The summed E-state index contributed by atoms with van der Waals surface area (Å²) in [5.41, 5.74) is 1.97. The van der Waals surface area contributed by atoms with Crippen LogP contribution in [-0.2, 0) is 47.3 Å². The van der Waals surface area contributed by atoms with Gasteiger partial charge in [-0.3, -0.25) is 14.4 Å². The third kappa shape index (κ3) is 12.5. The molecule has 3 heterocycles. The summed E-state index contributed by atoms with van der Waals surface area (Å²) in [7, 11) is 2.77. The van der Waals surface area contributed by atoms with E-state index in [1.165, 1.54) is 4.90 Å². The number of rotatable bonds is 8. The Balaban J connectivity index is 1.73. The standard InChI is InChI=1S/C49H83NO11Si/c1-15-36-25-30(2)24-31(3)26-41(57-11)44-42(58-12)28-34(6)49(55,60-44)45(52)46(53)50-23-17-16-18-37(50)47(54)59-43(32(4)19-21-38(36)51)33(5)27-35-20-22-39(56-10)40(29-35)61-62(13,14)48(7,8)9/h25,27,31-32,34-37,39-44,55H,15-24,26,28-29H2,1-14H3/b30-25+,33-27?. The van der Waals surface area contributed by atoms with Crippen molar-refractivity contribution in [1.82, 2.24) is 4.90 Å². The van der Waals surface area contributed by atoms with E-state index in [4.69, 9.17) is 28.1 Å². The van der Waals surface area contributed by atoms with Crippen LogP contribution in [0.3, 0.4) is 0 Å². The van der Waals surface area contributed by atoms with Crippen LogP contribution in [0, 0.1) is 29.6 Å². The van der Waals surface area contributed by atoms with Crippen LogP contribution < -0.4 is 0 Å². The van der Waals surface area contributed by atoms with Crippen LogP contribution in [0.2, 0.25) is 18.1 Å². The van der Waals surface area contributed by atoms with Crippen molar-refractivity contribution in [1.29, 1.82) is 0 Å². The maximum absolute atomic E-state index is 14.5. The fourth-order valence-corrected chi connectivity index (χ4v) is 11.4. The van der Waals surface area contributed by atoms with E-state index in [2.05, 4.69) is 52.9 Å². The first-order valence-electron chi connectivity index (χ1n) is 23.6. The van der Waals surface area contributed by atoms with Crippen molar-refractivity contribution in [2.45, 2.75) is 206 Å². The molecule has 13 atom stereocenters. The number of fused-ring (bicyclic) bond motifs is 3. The lowest BCUT2D eigenvalue weighted by Crippen LogP contribution is -2.64. The van der Waals surface area contributed by atoms with Crippen molar-refractivity contribution >= 4 is 31.8 Å². The normalized spacial score (nSPS) is 38.1. The number of carbonyl (C=O) groups is 4. The Labute approximate surface area is 374 Å². The largest absolute Gasteiger partial charge is 0.456 e. The van der Waals surface area contributed by atoms with Gasteiger partial charge in [-0.25, -0.2) is 4.79 Å². The van der Waals surface area contributed by atoms with Crippen molar-refractivity contribution in [3.05, 3.63) is 23.3 Å². The van der Waals surface area contributed by atoms with Crippen LogP contribution in [-0.4, -0.2) is 118 Å². The lowest BCUT2D eigenvalue weighted by molar-refractivity contribution is -0.302. The number of aliphatic hydroxyl groups is 1. The molecule has 0 aromatic carbocycles. The Morgan fingerprint density at radius 1 is 0.919 bits per heavy atom. The van der Waals surface area contributed by atoms with Crippen LogP contribution in [0.4, 0.5) is 0 Å². The number of allylic oxidation sites excluding steroid dienone is 3. The Hall–Kier alpha value is -2.26. The Bertz CT molecular complexity index is 1610. The molecule has 13 heteroatoms. The number of hydrogen-bond acceptors (Lipinski definition) is 11. The first kappa shape index (κ1) is 52.4. The highest BCUT2D eigenvalue weighted by Gasteiger charge is 2.56.